The van der Waals surface area contributed by atoms with Gasteiger partial charge in [-0.15, -0.1) is 0 Å². The van der Waals surface area contributed by atoms with Crippen molar-refractivity contribution in [2.75, 3.05) is 5.32 Å². The lowest BCUT2D eigenvalue weighted by atomic mass is 10.0. The Bertz CT molecular complexity index is 855. The van der Waals surface area contributed by atoms with Crippen LogP contribution in [0.5, 0.6) is 0 Å². The van der Waals surface area contributed by atoms with Crippen LogP contribution in [-0.2, 0) is 0 Å². The largest absolute Gasteiger partial charge is 0.478 e. The van der Waals surface area contributed by atoms with Crippen molar-refractivity contribution in [2.45, 2.75) is 19.8 Å². The number of hydrogen-bond acceptors (Lipinski definition) is 3. The number of fused-ring (bicyclic) bond motifs is 1. The van der Waals surface area contributed by atoms with Gasteiger partial charge in [-0.1, -0.05) is 19.9 Å². The molecule has 0 atom stereocenters. The van der Waals surface area contributed by atoms with Crippen molar-refractivity contribution in [3.63, 3.8) is 0 Å². The van der Waals surface area contributed by atoms with E-state index in [9.17, 15) is 4.79 Å². The van der Waals surface area contributed by atoms with Crippen molar-refractivity contribution in [3.05, 3.63) is 65.9 Å². The van der Waals surface area contributed by atoms with Gasteiger partial charge in [-0.2, -0.15) is 0 Å². The van der Waals surface area contributed by atoms with E-state index in [1.807, 2.05) is 12.1 Å². The first-order valence-electron chi connectivity index (χ1n) is 7.53. The Kier molecular flexibility index (Phi) is 3.98. The van der Waals surface area contributed by atoms with Crippen LogP contribution in [0.25, 0.3) is 10.9 Å². The van der Waals surface area contributed by atoms with Gasteiger partial charge in [0.1, 0.15) is 0 Å². The Labute approximate surface area is 134 Å². The molecule has 0 fully saturated rings. The van der Waals surface area contributed by atoms with Crippen LogP contribution in [0.4, 0.5) is 11.4 Å². The molecule has 116 valence electrons. The summed E-state index contributed by atoms with van der Waals surface area (Å²) in [6.07, 6.45) is 1.77. The highest BCUT2D eigenvalue weighted by Crippen LogP contribution is 2.28. The first kappa shape index (κ1) is 15.0. The number of rotatable bonds is 4. The van der Waals surface area contributed by atoms with Gasteiger partial charge in [-0.25, -0.2) is 4.79 Å². The predicted molar refractivity (Wildman–Crippen MR) is 92.5 cm³/mol. The molecule has 4 nitrogen and oxygen atoms in total. The molecule has 4 heteroatoms. The van der Waals surface area contributed by atoms with E-state index in [1.54, 1.807) is 30.5 Å². The normalized spacial score (nSPS) is 10.9. The van der Waals surface area contributed by atoms with Gasteiger partial charge in [0, 0.05) is 23.0 Å². The first-order valence-corrected chi connectivity index (χ1v) is 7.53. The van der Waals surface area contributed by atoms with Crippen molar-refractivity contribution in [1.82, 2.24) is 4.98 Å². The van der Waals surface area contributed by atoms with Gasteiger partial charge >= 0.3 is 5.97 Å². The van der Waals surface area contributed by atoms with Crippen LogP contribution < -0.4 is 5.32 Å². The molecule has 0 saturated heterocycles. The van der Waals surface area contributed by atoms with E-state index < -0.39 is 5.97 Å². The molecule has 0 bridgehead atoms. The molecule has 1 aromatic heterocycles. The molecule has 2 aromatic carbocycles. The molecule has 0 aliphatic heterocycles. The van der Waals surface area contributed by atoms with Gasteiger partial charge in [0.2, 0.25) is 0 Å². The fourth-order valence-corrected chi connectivity index (χ4v) is 2.48. The Morgan fingerprint density at radius 3 is 2.48 bits per heavy atom. The summed E-state index contributed by atoms with van der Waals surface area (Å²) in [7, 11) is 0. The summed E-state index contributed by atoms with van der Waals surface area (Å²) < 4.78 is 0. The third-order valence-corrected chi connectivity index (χ3v) is 3.84. The number of anilines is 2. The highest BCUT2D eigenvalue weighted by molar-refractivity contribution is 5.93. The van der Waals surface area contributed by atoms with Crippen molar-refractivity contribution < 1.29 is 9.90 Å². The summed E-state index contributed by atoms with van der Waals surface area (Å²) in [6.45, 7) is 4.32. The number of carboxylic acids is 1. The molecule has 0 radical (unpaired) electrons. The number of pyridine rings is 1. The number of hydrogen-bond donors (Lipinski definition) is 2. The molecule has 0 saturated carbocycles. The molecular formula is C19H18N2O2. The van der Waals surface area contributed by atoms with E-state index in [1.165, 1.54) is 5.56 Å². The van der Waals surface area contributed by atoms with E-state index in [-0.39, 0.29) is 5.56 Å². The lowest BCUT2D eigenvalue weighted by molar-refractivity contribution is 0.0697. The third-order valence-electron chi connectivity index (χ3n) is 3.84. The van der Waals surface area contributed by atoms with Crippen molar-refractivity contribution in [3.8, 4) is 0 Å². The smallest absolute Gasteiger partial charge is 0.335 e. The number of carboxylic acid groups (broad SMARTS) is 1. The fraction of sp³-hybridized carbons (Fsp3) is 0.158. The number of aromatic nitrogens is 1. The summed E-state index contributed by atoms with van der Waals surface area (Å²) in [5, 5.41) is 13.4. The van der Waals surface area contributed by atoms with Gasteiger partial charge in [0.15, 0.2) is 0 Å². The van der Waals surface area contributed by atoms with Gasteiger partial charge in [-0.05, 0) is 53.9 Å². The maximum absolute atomic E-state index is 10.9. The molecule has 0 unspecified atom stereocenters. The van der Waals surface area contributed by atoms with Crippen molar-refractivity contribution in [1.29, 1.82) is 0 Å². The topological polar surface area (TPSA) is 62.2 Å². The van der Waals surface area contributed by atoms with Crippen LogP contribution in [0.1, 0.15) is 35.7 Å². The molecule has 3 aromatic rings. The average molecular weight is 306 g/mol. The average Bonchev–Trinajstić information content (AvgIpc) is 2.55. The van der Waals surface area contributed by atoms with Crippen molar-refractivity contribution in [2.24, 2.45) is 0 Å². The van der Waals surface area contributed by atoms with E-state index in [0.717, 1.165) is 22.3 Å². The quantitative estimate of drug-likeness (QED) is 0.726. The Balaban J connectivity index is 1.98. The molecule has 2 N–H and O–H groups in total. The minimum atomic E-state index is -0.924. The highest BCUT2D eigenvalue weighted by atomic mass is 16.4. The molecular weight excluding hydrogens is 288 g/mol. The SMILES string of the molecule is CC(C)c1ccc2nccc(Nc3ccc(C(=O)O)cc3)c2c1. The van der Waals surface area contributed by atoms with Crippen LogP contribution in [0.3, 0.4) is 0 Å². The first-order chi connectivity index (χ1) is 11.0. The standard InChI is InChI=1S/C19H18N2O2/c1-12(2)14-5-8-17-16(11-14)18(9-10-20-17)21-15-6-3-13(4-7-15)19(22)23/h3-12H,1-2H3,(H,20,21)(H,22,23). The number of carbonyl (C=O) groups is 1. The molecule has 0 aliphatic carbocycles. The highest BCUT2D eigenvalue weighted by Gasteiger charge is 2.07. The van der Waals surface area contributed by atoms with Gasteiger partial charge in [0.05, 0.1) is 11.1 Å². The monoisotopic (exact) mass is 306 g/mol. The number of nitrogens with zero attached hydrogens (tertiary/aromatic N) is 1. The molecule has 0 aliphatic rings. The molecule has 0 amide bonds. The summed E-state index contributed by atoms with van der Waals surface area (Å²) in [4.78, 5) is 15.3. The van der Waals surface area contributed by atoms with Gasteiger partial charge in [0.25, 0.3) is 0 Å². The summed E-state index contributed by atoms with van der Waals surface area (Å²) in [6, 6.07) is 14.9. The maximum atomic E-state index is 10.9. The Morgan fingerprint density at radius 1 is 1.09 bits per heavy atom. The molecule has 23 heavy (non-hydrogen) atoms. The van der Waals surface area contributed by atoms with E-state index in [0.29, 0.717) is 5.92 Å². The lowest BCUT2D eigenvalue weighted by Gasteiger charge is -2.12. The predicted octanol–water partition coefficient (Wildman–Crippen LogP) is 4.80. The van der Waals surface area contributed by atoms with Crippen LogP contribution >= 0.6 is 0 Å². The van der Waals surface area contributed by atoms with Crippen LogP contribution in [0.15, 0.2) is 54.7 Å². The van der Waals surface area contributed by atoms with Crippen LogP contribution in [0.2, 0.25) is 0 Å². The van der Waals surface area contributed by atoms with Gasteiger partial charge in [-0.3, -0.25) is 4.98 Å². The van der Waals surface area contributed by atoms with E-state index in [2.05, 4.69) is 36.3 Å². The van der Waals surface area contributed by atoms with Crippen molar-refractivity contribution >= 4 is 28.2 Å². The summed E-state index contributed by atoms with van der Waals surface area (Å²) in [5.74, 6) is -0.477. The second-order valence-electron chi connectivity index (χ2n) is 5.80. The van der Waals surface area contributed by atoms with Crippen LogP contribution in [0, 0.1) is 0 Å². The molecule has 3 rings (SSSR count). The Morgan fingerprint density at radius 2 is 1.83 bits per heavy atom. The number of benzene rings is 2. The van der Waals surface area contributed by atoms with Gasteiger partial charge < -0.3 is 10.4 Å². The summed E-state index contributed by atoms with van der Waals surface area (Å²) in [5.41, 5.74) is 4.27. The molecule has 0 spiro atoms. The molecule has 1 heterocycles. The second-order valence-corrected chi connectivity index (χ2v) is 5.80. The zero-order valence-corrected chi connectivity index (χ0v) is 13.1. The van der Waals surface area contributed by atoms with E-state index >= 15 is 0 Å². The zero-order valence-electron chi connectivity index (χ0n) is 13.1. The number of nitrogens with one attached hydrogen (secondary N) is 1. The van der Waals surface area contributed by atoms with E-state index in [4.69, 9.17) is 5.11 Å². The third kappa shape index (κ3) is 3.16. The Hall–Kier alpha value is -2.88. The van der Waals surface area contributed by atoms with Crippen LogP contribution in [-0.4, -0.2) is 16.1 Å². The summed E-state index contributed by atoms with van der Waals surface area (Å²) >= 11 is 0. The lowest BCUT2D eigenvalue weighted by Crippen LogP contribution is -1.97. The fourth-order valence-electron chi connectivity index (χ4n) is 2.48. The maximum Gasteiger partial charge on any atom is 0.335 e. The number of aromatic carboxylic acids is 1. The zero-order chi connectivity index (χ0) is 16.4. The minimum Gasteiger partial charge on any atom is -0.478 e. The second kappa shape index (κ2) is 6.08. The minimum absolute atomic E-state index is 0.275.